The van der Waals surface area contributed by atoms with Crippen LogP contribution in [0.2, 0.25) is 0 Å². The Morgan fingerprint density at radius 2 is 2.12 bits per heavy atom. The molecule has 0 bridgehead atoms. The van der Waals surface area contributed by atoms with E-state index in [4.69, 9.17) is 4.74 Å². The normalized spacial score (nSPS) is 21.2. The molecule has 1 aliphatic rings. The van der Waals surface area contributed by atoms with Gasteiger partial charge in [-0.15, -0.1) is 0 Å². The van der Waals surface area contributed by atoms with Crippen LogP contribution in [-0.2, 0) is 6.42 Å². The smallest absolute Gasteiger partial charge is 0.235 e. The number of phenols is 1. The Labute approximate surface area is 157 Å². The van der Waals surface area contributed by atoms with Crippen LogP contribution in [0.3, 0.4) is 0 Å². The van der Waals surface area contributed by atoms with Gasteiger partial charge in [0.05, 0.1) is 0 Å². The minimum Gasteiger partial charge on any atom is -0.507 e. The lowest BCUT2D eigenvalue weighted by Crippen LogP contribution is -2.19. The van der Waals surface area contributed by atoms with Crippen LogP contribution in [0, 0.1) is 5.92 Å². The molecule has 0 saturated carbocycles. The molecule has 0 radical (unpaired) electrons. The summed E-state index contributed by atoms with van der Waals surface area (Å²) in [6, 6.07) is 3.74. The molecule has 0 aliphatic heterocycles. The Kier molecular flexibility index (Phi) is 7.31. The number of unbranched alkanes of at least 4 members (excludes halogenated alkanes) is 2. The van der Waals surface area contributed by atoms with E-state index in [2.05, 4.69) is 26.5 Å². The van der Waals surface area contributed by atoms with Crippen molar-refractivity contribution in [2.24, 2.45) is 5.92 Å². The minimum absolute atomic E-state index is 0.0281. The highest BCUT2D eigenvalue weighted by atomic mass is 19.1. The van der Waals surface area contributed by atoms with Crippen LogP contribution < -0.4 is 4.74 Å². The van der Waals surface area contributed by atoms with Gasteiger partial charge in [0, 0.05) is 18.4 Å². The van der Waals surface area contributed by atoms with Crippen LogP contribution in [0.4, 0.5) is 4.39 Å². The molecule has 0 fully saturated rings. The molecule has 0 spiro atoms. The SMILES string of the molecule is C=C(C)C1CCC(C)=CC1c1c(O)cc(CCCCC)cc1OC(C)F. The molecule has 0 saturated heterocycles. The highest BCUT2D eigenvalue weighted by Crippen LogP contribution is 2.47. The van der Waals surface area contributed by atoms with Crippen molar-refractivity contribution in [1.29, 1.82) is 0 Å². The van der Waals surface area contributed by atoms with E-state index in [1.165, 1.54) is 12.5 Å². The van der Waals surface area contributed by atoms with Crippen LogP contribution in [0.15, 0.2) is 35.9 Å². The third-order valence-electron chi connectivity index (χ3n) is 5.25. The van der Waals surface area contributed by atoms with Crippen LogP contribution in [0.1, 0.15) is 76.8 Å². The Hall–Kier alpha value is -1.77. The summed E-state index contributed by atoms with van der Waals surface area (Å²) in [5.41, 5.74) is 4.07. The van der Waals surface area contributed by atoms with Crippen molar-refractivity contribution >= 4 is 0 Å². The summed E-state index contributed by atoms with van der Waals surface area (Å²) in [6.07, 6.45) is 6.98. The van der Waals surface area contributed by atoms with E-state index in [1.807, 2.05) is 19.1 Å². The van der Waals surface area contributed by atoms with E-state index in [0.717, 1.165) is 49.7 Å². The molecule has 144 valence electrons. The van der Waals surface area contributed by atoms with E-state index < -0.39 is 6.36 Å². The summed E-state index contributed by atoms with van der Waals surface area (Å²) in [7, 11) is 0. The summed E-state index contributed by atoms with van der Waals surface area (Å²) in [6.45, 7) is 11.8. The maximum Gasteiger partial charge on any atom is 0.235 e. The molecule has 0 amide bonds. The topological polar surface area (TPSA) is 29.5 Å². The number of alkyl halides is 1. The molecule has 3 unspecified atom stereocenters. The van der Waals surface area contributed by atoms with Gasteiger partial charge in [0.1, 0.15) is 11.5 Å². The number of allylic oxidation sites excluding steroid dienone is 3. The van der Waals surface area contributed by atoms with Gasteiger partial charge in [-0.3, -0.25) is 0 Å². The second-order valence-corrected chi connectivity index (χ2v) is 7.68. The number of hydrogen-bond acceptors (Lipinski definition) is 2. The fourth-order valence-corrected chi connectivity index (χ4v) is 3.90. The Morgan fingerprint density at radius 1 is 1.38 bits per heavy atom. The number of aromatic hydroxyl groups is 1. The molecule has 2 nitrogen and oxygen atoms in total. The van der Waals surface area contributed by atoms with Crippen LogP contribution >= 0.6 is 0 Å². The fourth-order valence-electron chi connectivity index (χ4n) is 3.90. The third kappa shape index (κ3) is 5.12. The van der Waals surface area contributed by atoms with Crippen LogP contribution in [-0.4, -0.2) is 11.5 Å². The van der Waals surface area contributed by atoms with Gasteiger partial charge in [0.15, 0.2) is 0 Å². The molecule has 1 N–H and O–H groups in total. The van der Waals surface area contributed by atoms with Crippen molar-refractivity contribution in [3.05, 3.63) is 47.1 Å². The average Bonchev–Trinajstić information content (AvgIpc) is 2.54. The lowest BCUT2D eigenvalue weighted by atomic mass is 9.73. The lowest BCUT2D eigenvalue weighted by Gasteiger charge is -2.32. The van der Waals surface area contributed by atoms with Gasteiger partial charge < -0.3 is 9.84 Å². The predicted molar refractivity (Wildman–Crippen MR) is 107 cm³/mol. The maximum absolute atomic E-state index is 13.7. The first kappa shape index (κ1) is 20.5. The monoisotopic (exact) mass is 360 g/mol. The van der Waals surface area contributed by atoms with E-state index in [0.29, 0.717) is 11.3 Å². The molecule has 3 atom stereocenters. The zero-order valence-corrected chi connectivity index (χ0v) is 16.6. The Balaban J connectivity index is 2.47. The average molecular weight is 361 g/mol. The second-order valence-electron chi connectivity index (χ2n) is 7.68. The largest absolute Gasteiger partial charge is 0.507 e. The van der Waals surface area contributed by atoms with Gasteiger partial charge in [-0.2, -0.15) is 0 Å². The molecule has 0 heterocycles. The molecule has 3 heteroatoms. The van der Waals surface area contributed by atoms with Gasteiger partial charge in [-0.1, -0.05) is 43.6 Å². The number of rotatable bonds is 8. The van der Waals surface area contributed by atoms with Crippen molar-refractivity contribution in [3.8, 4) is 11.5 Å². The number of benzene rings is 1. The van der Waals surface area contributed by atoms with E-state index in [-0.39, 0.29) is 17.6 Å². The lowest BCUT2D eigenvalue weighted by molar-refractivity contribution is 0.0839. The zero-order valence-electron chi connectivity index (χ0n) is 16.6. The van der Waals surface area contributed by atoms with Gasteiger partial charge in [0.25, 0.3) is 0 Å². The molecule has 1 aromatic rings. The van der Waals surface area contributed by atoms with Crippen molar-refractivity contribution < 1.29 is 14.2 Å². The third-order valence-corrected chi connectivity index (χ3v) is 5.25. The van der Waals surface area contributed by atoms with E-state index in [9.17, 15) is 9.50 Å². The summed E-state index contributed by atoms with van der Waals surface area (Å²) < 4.78 is 19.2. The molecule has 26 heavy (non-hydrogen) atoms. The zero-order chi connectivity index (χ0) is 19.3. The van der Waals surface area contributed by atoms with Gasteiger partial charge in [-0.25, -0.2) is 4.39 Å². The van der Waals surface area contributed by atoms with Gasteiger partial charge in [0.2, 0.25) is 6.36 Å². The summed E-state index contributed by atoms with van der Waals surface area (Å²) in [5, 5.41) is 10.8. The first-order valence-corrected chi connectivity index (χ1v) is 9.82. The second kappa shape index (κ2) is 9.25. The fraction of sp³-hybridized carbons (Fsp3) is 0.565. The molecule has 1 aliphatic carbocycles. The van der Waals surface area contributed by atoms with Crippen LogP contribution in [0.5, 0.6) is 11.5 Å². The number of aryl methyl sites for hydroxylation is 1. The highest BCUT2D eigenvalue weighted by Gasteiger charge is 2.31. The molecule has 2 rings (SSSR count). The van der Waals surface area contributed by atoms with Crippen molar-refractivity contribution in [1.82, 2.24) is 0 Å². The van der Waals surface area contributed by atoms with Crippen molar-refractivity contribution in [2.45, 2.75) is 78.5 Å². The highest BCUT2D eigenvalue weighted by molar-refractivity contribution is 5.52. The van der Waals surface area contributed by atoms with Crippen LogP contribution in [0.25, 0.3) is 0 Å². The maximum atomic E-state index is 13.7. The summed E-state index contributed by atoms with van der Waals surface area (Å²) >= 11 is 0. The quantitative estimate of drug-likeness (QED) is 0.406. The van der Waals surface area contributed by atoms with Crippen molar-refractivity contribution in [3.63, 3.8) is 0 Å². The van der Waals surface area contributed by atoms with Gasteiger partial charge in [-0.05, 0) is 63.1 Å². The Morgan fingerprint density at radius 3 is 2.73 bits per heavy atom. The molecular formula is C23H33FO2. The summed E-state index contributed by atoms with van der Waals surface area (Å²) in [5.74, 6) is 0.873. The predicted octanol–water partition coefficient (Wildman–Crippen LogP) is 6.84. The van der Waals surface area contributed by atoms with Gasteiger partial charge >= 0.3 is 0 Å². The first-order valence-electron chi connectivity index (χ1n) is 9.82. The Bertz CT molecular complexity index is 660. The number of halogens is 1. The van der Waals surface area contributed by atoms with E-state index >= 15 is 0 Å². The number of ether oxygens (including phenoxy) is 1. The first-order chi connectivity index (χ1) is 12.3. The standard InChI is InChI=1S/C23H33FO2/c1-6-7-8-9-18-13-21(25)23(22(14-18)26-17(5)24)20-12-16(4)10-11-19(20)15(2)3/h12-14,17,19-20,25H,2,6-11H2,1,3-5H3. The molecular weight excluding hydrogens is 327 g/mol. The number of phenolic OH excluding ortho intramolecular Hbond substituents is 1. The molecule has 1 aromatic carbocycles. The minimum atomic E-state index is -1.42. The van der Waals surface area contributed by atoms with E-state index in [1.54, 1.807) is 0 Å². The van der Waals surface area contributed by atoms with Crippen molar-refractivity contribution in [2.75, 3.05) is 0 Å². The number of hydrogen-bond donors (Lipinski definition) is 1. The summed E-state index contributed by atoms with van der Waals surface area (Å²) in [4.78, 5) is 0. The molecule has 0 aromatic heterocycles.